The highest BCUT2D eigenvalue weighted by Gasteiger charge is 2.32. The van der Waals surface area contributed by atoms with Gasteiger partial charge in [0.1, 0.15) is 11.5 Å². The predicted molar refractivity (Wildman–Crippen MR) is 166 cm³/mol. The van der Waals surface area contributed by atoms with Crippen LogP contribution in [0.15, 0.2) is 109 Å². The number of para-hydroxylation sites is 1. The van der Waals surface area contributed by atoms with Gasteiger partial charge in [-0.25, -0.2) is 15.0 Å². The number of aromatic nitrogens is 3. The number of hydrogen-bond donors (Lipinski definition) is 1. The van der Waals surface area contributed by atoms with Crippen LogP contribution in [0.4, 0.5) is 5.69 Å². The average Bonchev–Trinajstić information content (AvgIpc) is 3.55. The summed E-state index contributed by atoms with van der Waals surface area (Å²) in [5.74, 6) is 0.786. The number of rotatable bonds is 7. The predicted octanol–water partition coefficient (Wildman–Crippen LogP) is 5.03. The summed E-state index contributed by atoms with van der Waals surface area (Å²) >= 11 is 2.56. The lowest BCUT2D eigenvalue weighted by molar-refractivity contribution is -0.113. The Hall–Kier alpha value is -4.74. The maximum absolute atomic E-state index is 14.0. The van der Waals surface area contributed by atoms with Crippen LogP contribution < -0.4 is 24.9 Å². The Labute approximate surface area is 255 Å². The molecule has 216 valence electrons. The van der Waals surface area contributed by atoms with Crippen LogP contribution in [0.25, 0.3) is 6.08 Å². The smallest absolute Gasteiger partial charge is 0.271 e. The topological polar surface area (TPSA) is 112 Å². The van der Waals surface area contributed by atoms with Gasteiger partial charge in [-0.2, -0.15) is 0 Å². The number of benzene rings is 2. The van der Waals surface area contributed by atoms with E-state index in [9.17, 15) is 9.59 Å². The van der Waals surface area contributed by atoms with E-state index in [1.165, 1.54) is 23.1 Å². The first kappa shape index (κ1) is 28.4. The first-order valence-electron chi connectivity index (χ1n) is 13.4. The van der Waals surface area contributed by atoms with Gasteiger partial charge in [-0.05, 0) is 80.6 Å². The summed E-state index contributed by atoms with van der Waals surface area (Å²) in [5.41, 5.74) is 3.75. The fraction of sp³-hybridized carbons (Fsp3) is 0.156. The quantitative estimate of drug-likeness (QED) is 0.258. The van der Waals surface area contributed by atoms with Crippen molar-refractivity contribution in [3.05, 3.63) is 126 Å². The van der Waals surface area contributed by atoms with Crippen molar-refractivity contribution >= 4 is 40.8 Å². The van der Waals surface area contributed by atoms with Gasteiger partial charge in [0.15, 0.2) is 15.1 Å². The van der Waals surface area contributed by atoms with Crippen molar-refractivity contribution in [2.45, 2.75) is 37.1 Å². The number of anilines is 1. The molecule has 0 unspecified atom stereocenters. The van der Waals surface area contributed by atoms with Gasteiger partial charge in [-0.3, -0.25) is 14.2 Å². The molecule has 2 aromatic carbocycles. The van der Waals surface area contributed by atoms with E-state index in [0.29, 0.717) is 48.0 Å². The molecule has 1 aliphatic rings. The number of furan rings is 1. The highest BCUT2D eigenvalue weighted by molar-refractivity contribution is 7.99. The number of nitrogens with zero attached hydrogens (tertiary/aromatic N) is 4. The molecule has 6 rings (SSSR count). The van der Waals surface area contributed by atoms with E-state index in [-0.39, 0.29) is 11.5 Å². The van der Waals surface area contributed by atoms with E-state index in [1.54, 1.807) is 30.7 Å². The lowest BCUT2D eigenvalue weighted by Crippen LogP contribution is -2.40. The molecule has 3 aromatic heterocycles. The molecule has 9 nitrogen and oxygen atoms in total. The summed E-state index contributed by atoms with van der Waals surface area (Å²) in [6.45, 7) is 5.63. The molecule has 0 saturated heterocycles. The Bertz CT molecular complexity index is 2040. The van der Waals surface area contributed by atoms with Gasteiger partial charge < -0.3 is 14.5 Å². The number of nitrogens with one attached hydrogen (secondary N) is 1. The minimum atomic E-state index is -0.721. The fourth-order valence-electron chi connectivity index (χ4n) is 4.88. The maximum Gasteiger partial charge on any atom is 0.271 e. The summed E-state index contributed by atoms with van der Waals surface area (Å²) in [5, 5.41) is 4.16. The third-order valence-electron chi connectivity index (χ3n) is 6.74. The Kier molecular flexibility index (Phi) is 7.83. The number of carbonyl (C=O) groups is 1. The number of allylic oxidation sites excluding steroid dienone is 1. The number of hydrogen-bond acceptors (Lipinski definition) is 9. The van der Waals surface area contributed by atoms with E-state index in [2.05, 4.69) is 15.3 Å². The van der Waals surface area contributed by atoms with Crippen LogP contribution in [0.3, 0.4) is 0 Å². The fourth-order valence-corrected chi connectivity index (χ4v) is 6.74. The summed E-state index contributed by atoms with van der Waals surface area (Å²) in [6.07, 6.45) is 1.70. The molecular formula is C32H27N5O4S2. The van der Waals surface area contributed by atoms with E-state index in [1.807, 2.05) is 80.6 Å². The lowest BCUT2D eigenvalue weighted by Gasteiger charge is -2.25. The highest BCUT2D eigenvalue weighted by atomic mass is 32.2. The standard InChI is InChI=1S/C32H27N5O4S2/c1-18-15-19(2)34-31(33-18)43-26-14-13-24(41-26)17-25-30(39)37-28(21-9-8-12-23(16-21)40-4)27(20(3)35-32(37)42-25)29(38)36-22-10-6-5-7-11-22/h5-17,28H,1-4H3,(H,36,38)/b25-17+/t28-/m0/s1. The largest absolute Gasteiger partial charge is 0.497 e. The minimum Gasteiger partial charge on any atom is -0.497 e. The van der Waals surface area contributed by atoms with Crippen LogP contribution in [-0.4, -0.2) is 27.6 Å². The van der Waals surface area contributed by atoms with Crippen molar-refractivity contribution in [2.24, 2.45) is 4.99 Å². The Morgan fingerprint density at radius 1 is 1.02 bits per heavy atom. The molecule has 0 fully saturated rings. The summed E-state index contributed by atoms with van der Waals surface area (Å²) < 4.78 is 13.5. The highest BCUT2D eigenvalue weighted by Crippen LogP contribution is 2.32. The van der Waals surface area contributed by atoms with Crippen LogP contribution >= 0.6 is 23.1 Å². The third-order valence-corrected chi connectivity index (χ3v) is 8.51. The van der Waals surface area contributed by atoms with Crippen LogP contribution in [0.2, 0.25) is 0 Å². The zero-order valence-electron chi connectivity index (χ0n) is 23.8. The average molecular weight is 610 g/mol. The number of fused-ring (bicyclic) bond motifs is 1. The van der Waals surface area contributed by atoms with Gasteiger partial charge >= 0.3 is 0 Å². The minimum absolute atomic E-state index is 0.280. The zero-order valence-corrected chi connectivity index (χ0v) is 25.5. The van der Waals surface area contributed by atoms with Crippen LogP contribution in [0.1, 0.15) is 35.7 Å². The second kappa shape index (κ2) is 11.9. The molecule has 1 amide bonds. The molecule has 11 heteroatoms. The van der Waals surface area contributed by atoms with Crippen LogP contribution in [-0.2, 0) is 4.79 Å². The first-order chi connectivity index (χ1) is 20.8. The van der Waals surface area contributed by atoms with Gasteiger partial charge in [-0.15, -0.1) is 0 Å². The van der Waals surface area contributed by atoms with Crippen LogP contribution in [0.5, 0.6) is 5.75 Å². The molecule has 0 bridgehead atoms. The van der Waals surface area contributed by atoms with Crippen molar-refractivity contribution in [3.63, 3.8) is 0 Å². The summed E-state index contributed by atoms with van der Waals surface area (Å²) in [6, 6.07) is 21.4. The molecule has 4 heterocycles. The number of thiazole rings is 1. The van der Waals surface area contributed by atoms with Gasteiger partial charge in [0, 0.05) is 23.2 Å². The maximum atomic E-state index is 14.0. The number of methoxy groups -OCH3 is 1. The van der Waals surface area contributed by atoms with Crippen molar-refractivity contribution in [3.8, 4) is 5.75 Å². The van der Waals surface area contributed by atoms with Gasteiger partial charge in [0.25, 0.3) is 11.5 Å². The second-order valence-electron chi connectivity index (χ2n) is 9.87. The number of aryl methyl sites for hydroxylation is 2. The van der Waals surface area contributed by atoms with E-state index in [0.717, 1.165) is 17.0 Å². The van der Waals surface area contributed by atoms with Crippen molar-refractivity contribution in [1.82, 2.24) is 14.5 Å². The van der Waals surface area contributed by atoms with E-state index in [4.69, 9.17) is 14.1 Å². The molecule has 1 atom stereocenters. The zero-order chi connectivity index (χ0) is 30.1. The van der Waals surface area contributed by atoms with Gasteiger partial charge in [0.2, 0.25) is 0 Å². The Morgan fingerprint density at radius 3 is 2.53 bits per heavy atom. The molecule has 0 radical (unpaired) electrons. The molecule has 0 spiro atoms. The molecule has 1 aliphatic heterocycles. The van der Waals surface area contributed by atoms with Crippen molar-refractivity contribution < 1.29 is 13.9 Å². The van der Waals surface area contributed by atoms with Crippen molar-refractivity contribution in [2.75, 3.05) is 12.4 Å². The summed E-state index contributed by atoms with van der Waals surface area (Å²) in [7, 11) is 1.58. The molecular weight excluding hydrogens is 583 g/mol. The number of ether oxygens (including phenoxy) is 1. The Morgan fingerprint density at radius 2 is 1.79 bits per heavy atom. The molecule has 43 heavy (non-hydrogen) atoms. The van der Waals surface area contributed by atoms with E-state index < -0.39 is 6.04 Å². The number of amides is 1. The SMILES string of the molecule is COc1cccc([C@H]2C(C(=O)Nc3ccccc3)=C(C)N=c3s/c(=C/c4ccc(Sc5nc(C)cc(C)n5)o4)c(=O)n32)c1. The summed E-state index contributed by atoms with van der Waals surface area (Å²) in [4.78, 5) is 41.8. The molecule has 0 saturated carbocycles. The van der Waals surface area contributed by atoms with E-state index >= 15 is 0 Å². The number of carbonyl (C=O) groups excluding carboxylic acids is 1. The second-order valence-corrected chi connectivity index (χ2v) is 11.9. The van der Waals surface area contributed by atoms with Gasteiger partial charge in [-0.1, -0.05) is 41.7 Å². The van der Waals surface area contributed by atoms with Gasteiger partial charge in [0.05, 0.1) is 29.0 Å². The monoisotopic (exact) mass is 609 g/mol. The third kappa shape index (κ3) is 5.95. The van der Waals surface area contributed by atoms with Crippen LogP contribution in [0, 0.1) is 13.8 Å². The molecule has 0 aliphatic carbocycles. The Balaban J connectivity index is 1.41. The molecule has 5 aromatic rings. The normalized spacial score (nSPS) is 14.8. The first-order valence-corrected chi connectivity index (χ1v) is 15.1. The lowest BCUT2D eigenvalue weighted by atomic mass is 9.95. The van der Waals surface area contributed by atoms with Crippen molar-refractivity contribution in [1.29, 1.82) is 0 Å². The molecule has 1 N–H and O–H groups in total.